The van der Waals surface area contributed by atoms with E-state index in [2.05, 4.69) is 0 Å². The molecule has 22 heavy (non-hydrogen) atoms. The molecule has 1 saturated carbocycles. The third-order valence-electron chi connectivity index (χ3n) is 3.95. The van der Waals surface area contributed by atoms with E-state index in [9.17, 15) is 4.79 Å². The van der Waals surface area contributed by atoms with Gasteiger partial charge in [0.1, 0.15) is 0 Å². The highest BCUT2D eigenvalue weighted by atomic mass is 35.5. The Morgan fingerprint density at radius 2 is 1.64 bits per heavy atom. The highest BCUT2D eigenvalue weighted by Crippen LogP contribution is 2.30. The van der Waals surface area contributed by atoms with Crippen molar-refractivity contribution in [3.8, 4) is 0 Å². The SMILES string of the molecule is NCc1ccc(C(=O)N(Cc2ccc(Cl)cc2)C2CC2)cc1. The fraction of sp³-hybridized carbons (Fsp3) is 0.278. The van der Waals surface area contributed by atoms with Gasteiger partial charge in [-0.3, -0.25) is 4.79 Å². The van der Waals surface area contributed by atoms with Crippen LogP contribution in [0.25, 0.3) is 0 Å². The normalized spacial score (nSPS) is 13.9. The molecule has 0 unspecified atom stereocenters. The zero-order valence-electron chi connectivity index (χ0n) is 12.3. The van der Waals surface area contributed by atoms with Crippen LogP contribution in [0.2, 0.25) is 5.02 Å². The molecule has 1 amide bonds. The Morgan fingerprint density at radius 1 is 1.05 bits per heavy atom. The Balaban J connectivity index is 1.77. The van der Waals surface area contributed by atoms with E-state index in [0.717, 1.165) is 29.5 Å². The van der Waals surface area contributed by atoms with E-state index in [1.807, 2.05) is 53.4 Å². The van der Waals surface area contributed by atoms with Gasteiger partial charge in [0.05, 0.1) is 0 Å². The minimum Gasteiger partial charge on any atom is -0.331 e. The van der Waals surface area contributed by atoms with Gasteiger partial charge in [-0.25, -0.2) is 0 Å². The van der Waals surface area contributed by atoms with E-state index >= 15 is 0 Å². The first-order chi connectivity index (χ1) is 10.7. The lowest BCUT2D eigenvalue weighted by Gasteiger charge is -2.23. The first-order valence-corrected chi connectivity index (χ1v) is 7.89. The summed E-state index contributed by atoms with van der Waals surface area (Å²) in [5.41, 5.74) is 8.46. The minimum absolute atomic E-state index is 0.0843. The topological polar surface area (TPSA) is 46.3 Å². The van der Waals surface area contributed by atoms with Crippen molar-refractivity contribution in [2.24, 2.45) is 5.73 Å². The predicted octanol–water partition coefficient (Wildman–Crippen LogP) is 3.60. The number of nitrogens with zero attached hydrogens (tertiary/aromatic N) is 1. The number of halogens is 1. The first-order valence-electron chi connectivity index (χ1n) is 7.52. The van der Waals surface area contributed by atoms with Crippen LogP contribution in [0, 0.1) is 0 Å². The lowest BCUT2D eigenvalue weighted by molar-refractivity contribution is 0.0730. The largest absolute Gasteiger partial charge is 0.331 e. The molecule has 0 aliphatic heterocycles. The van der Waals surface area contributed by atoms with Crippen molar-refractivity contribution in [3.63, 3.8) is 0 Å². The van der Waals surface area contributed by atoms with E-state index in [0.29, 0.717) is 24.2 Å². The van der Waals surface area contributed by atoms with Crippen molar-refractivity contribution in [1.82, 2.24) is 4.90 Å². The second kappa shape index (κ2) is 6.51. The highest BCUT2D eigenvalue weighted by Gasteiger charge is 2.33. The van der Waals surface area contributed by atoms with Crippen LogP contribution in [0.1, 0.15) is 34.3 Å². The van der Waals surface area contributed by atoms with Gasteiger partial charge in [-0.2, -0.15) is 0 Å². The second-order valence-electron chi connectivity index (χ2n) is 5.69. The van der Waals surface area contributed by atoms with Crippen LogP contribution < -0.4 is 5.73 Å². The van der Waals surface area contributed by atoms with Crippen LogP contribution in [-0.2, 0) is 13.1 Å². The van der Waals surface area contributed by atoms with Gasteiger partial charge in [0, 0.05) is 29.7 Å². The molecular weight excluding hydrogens is 296 g/mol. The molecule has 3 nitrogen and oxygen atoms in total. The molecule has 1 aliphatic rings. The van der Waals surface area contributed by atoms with Crippen molar-refractivity contribution in [1.29, 1.82) is 0 Å². The number of hydrogen-bond acceptors (Lipinski definition) is 2. The summed E-state index contributed by atoms with van der Waals surface area (Å²) in [6.45, 7) is 1.12. The standard InChI is InChI=1S/C18H19ClN2O/c19-16-7-3-14(4-8-16)12-21(17-9-10-17)18(22)15-5-1-13(11-20)2-6-15/h1-8,17H,9-12,20H2. The number of amides is 1. The molecule has 2 aromatic carbocycles. The summed E-state index contributed by atoms with van der Waals surface area (Å²) < 4.78 is 0. The number of hydrogen-bond donors (Lipinski definition) is 1. The zero-order chi connectivity index (χ0) is 15.5. The maximum absolute atomic E-state index is 12.8. The Morgan fingerprint density at radius 3 is 2.18 bits per heavy atom. The molecule has 0 saturated heterocycles. The number of benzene rings is 2. The maximum Gasteiger partial charge on any atom is 0.254 e. The monoisotopic (exact) mass is 314 g/mol. The molecule has 0 heterocycles. The molecule has 0 atom stereocenters. The molecule has 0 bridgehead atoms. The molecule has 1 fully saturated rings. The minimum atomic E-state index is 0.0843. The fourth-order valence-electron chi connectivity index (χ4n) is 2.49. The number of rotatable bonds is 5. The smallest absolute Gasteiger partial charge is 0.254 e. The zero-order valence-corrected chi connectivity index (χ0v) is 13.1. The average molecular weight is 315 g/mol. The summed E-state index contributed by atoms with van der Waals surface area (Å²) in [7, 11) is 0. The van der Waals surface area contributed by atoms with Gasteiger partial charge in [-0.15, -0.1) is 0 Å². The number of nitrogens with two attached hydrogens (primary N) is 1. The fourth-order valence-corrected chi connectivity index (χ4v) is 2.61. The maximum atomic E-state index is 12.8. The van der Waals surface area contributed by atoms with Crippen LogP contribution in [0.4, 0.5) is 0 Å². The van der Waals surface area contributed by atoms with Gasteiger partial charge in [0.15, 0.2) is 0 Å². The van der Waals surface area contributed by atoms with E-state index < -0.39 is 0 Å². The Bertz CT molecular complexity index is 648. The van der Waals surface area contributed by atoms with Crippen LogP contribution >= 0.6 is 11.6 Å². The molecule has 2 aromatic rings. The van der Waals surface area contributed by atoms with Gasteiger partial charge in [0.2, 0.25) is 0 Å². The second-order valence-corrected chi connectivity index (χ2v) is 6.13. The Labute approximate surface area is 135 Å². The van der Waals surface area contributed by atoms with Crippen LogP contribution in [0.3, 0.4) is 0 Å². The van der Waals surface area contributed by atoms with E-state index in [4.69, 9.17) is 17.3 Å². The predicted molar refractivity (Wildman–Crippen MR) is 88.7 cm³/mol. The summed E-state index contributed by atoms with van der Waals surface area (Å²) in [5, 5.41) is 0.713. The first kappa shape index (κ1) is 15.1. The number of carbonyl (C=O) groups excluding carboxylic acids is 1. The van der Waals surface area contributed by atoms with Gasteiger partial charge < -0.3 is 10.6 Å². The summed E-state index contributed by atoms with van der Waals surface area (Å²) in [6, 6.07) is 15.6. The van der Waals surface area contributed by atoms with Gasteiger partial charge >= 0.3 is 0 Å². The van der Waals surface area contributed by atoms with Crippen LogP contribution in [0.5, 0.6) is 0 Å². The van der Waals surface area contributed by atoms with Gasteiger partial charge in [0.25, 0.3) is 5.91 Å². The quantitative estimate of drug-likeness (QED) is 0.916. The Kier molecular flexibility index (Phi) is 4.46. The molecular formula is C18H19ClN2O. The molecule has 114 valence electrons. The third kappa shape index (κ3) is 3.49. The van der Waals surface area contributed by atoms with Crippen molar-refractivity contribution in [2.75, 3.05) is 0 Å². The van der Waals surface area contributed by atoms with Crippen molar-refractivity contribution < 1.29 is 4.79 Å². The highest BCUT2D eigenvalue weighted by molar-refractivity contribution is 6.30. The molecule has 0 spiro atoms. The Hall–Kier alpha value is -1.84. The lowest BCUT2D eigenvalue weighted by atomic mass is 10.1. The van der Waals surface area contributed by atoms with E-state index in [1.165, 1.54) is 0 Å². The molecule has 2 N–H and O–H groups in total. The molecule has 3 rings (SSSR count). The summed E-state index contributed by atoms with van der Waals surface area (Å²) in [5.74, 6) is 0.0843. The van der Waals surface area contributed by atoms with E-state index in [1.54, 1.807) is 0 Å². The van der Waals surface area contributed by atoms with Gasteiger partial charge in [-0.1, -0.05) is 35.9 Å². The summed E-state index contributed by atoms with van der Waals surface area (Å²) in [6.07, 6.45) is 2.17. The average Bonchev–Trinajstić information content (AvgIpc) is 3.38. The summed E-state index contributed by atoms with van der Waals surface area (Å²) in [4.78, 5) is 14.7. The molecule has 0 radical (unpaired) electrons. The summed E-state index contributed by atoms with van der Waals surface area (Å²) >= 11 is 5.92. The van der Waals surface area contributed by atoms with Crippen LogP contribution in [0.15, 0.2) is 48.5 Å². The molecule has 4 heteroatoms. The van der Waals surface area contributed by atoms with Gasteiger partial charge in [-0.05, 0) is 48.2 Å². The third-order valence-corrected chi connectivity index (χ3v) is 4.20. The molecule has 0 aromatic heterocycles. The number of carbonyl (C=O) groups is 1. The lowest BCUT2D eigenvalue weighted by Crippen LogP contribution is -2.32. The van der Waals surface area contributed by atoms with E-state index in [-0.39, 0.29) is 5.91 Å². The molecule has 1 aliphatic carbocycles. The van der Waals surface area contributed by atoms with Crippen molar-refractivity contribution in [2.45, 2.75) is 32.0 Å². The van der Waals surface area contributed by atoms with Crippen molar-refractivity contribution >= 4 is 17.5 Å². The van der Waals surface area contributed by atoms with Crippen LogP contribution in [-0.4, -0.2) is 16.8 Å². The van der Waals surface area contributed by atoms with Crippen molar-refractivity contribution in [3.05, 3.63) is 70.2 Å².